The number of hydrogen-bond donors (Lipinski definition) is 2. The Labute approximate surface area is 115 Å². The fraction of sp³-hybridized carbons (Fsp3) is 0.647. The van der Waals surface area contributed by atoms with Crippen LogP contribution in [-0.2, 0) is 12.0 Å². The number of nitrogens with two attached hydrogens (primary N) is 1. The van der Waals surface area contributed by atoms with Crippen molar-refractivity contribution < 1.29 is 5.11 Å². The summed E-state index contributed by atoms with van der Waals surface area (Å²) in [5.41, 5.74) is 8.52. The van der Waals surface area contributed by atoms with Crippen LogP contribution in [0, 0.1) is 17.8 Å². The SMILES string of the molecule is NCc1cc(C23CC4CC(CC(C4)C2)C3)ccc1O. The molecule has 0 radical (unpaired) electrons. The van der Waals surface area contributed by atoms with Crippen LogP contribution in [0.15, 0.2) is 18.2 Å². The van der Waals surface area contributed by atoms with Gasteiger partial charge in [-0.25, -0.2) is 0 Å². The molecule has 102 valence electrons. The van der Waals surface area contributed by atoms with E-state index >= 15 is 0 Å². The summed E-state index contributed by atoms with van der Waals surface area (Å²) in [5, 5.41) is 9.84. The number of benzene rings is 1. The molecule has 0 atom stereocenters. The summed E-state index contributed by atoms with van der Waals surface area (Å²) in [4.78, 5) is 0. The second-order valence-electron chi connectivity index (χ2n) is 7.25. The van der Waals surface area contributed by atoms with Crippen LogP contribution in [0.1, 0.15) is 49.7 Å². The van der Waals surface area contributed by atoms with Crippen molar-refractivity contribution in [3.05, 3.63) is 29.3 Å². The van der Waals surface area contributed by atoms with Crippen molar-refractivity contribution in [3.63, 3.8) is 0 Å². The zero-order chi connectivity index (χ0) is 13.0. The Bertz CT molecular complexity index is 473. The van der Waals surface area contributed by atoms with Crippen LogP contribution in [-0.4, -0.2) is 5.11 Å². The summed E-state index contributed by atoms with van der Waals surface area (Å²) in [6.45, 7) is 0.437. The molecule has 4 aliphatic rings. The Morgan fingerprint density at radius 1 is 1.05 bits per heavy atom. The zero-order valence-corrected chi connectivity index (χ0v) is 11.4. The van der Waals surface area contributed by atoms with Crippen molar-refractivity contribution in [2.75, 3.05) is 0 Å². The molecule has 4 fully saturated rings. The summed E-state index contributed by atoms with van der Waals surface area (Å²) in [5.74, 6) is 3.24. The van der Waals surface area contributed by atoms with Crippen molar-refractivity contribution in [3.8, 4) is 5.75 Å². The van der Waals surface area contributed by atoms with Gasteiger partial charge in [0.1, 0.15) is 5.75 Å². The van der Waals surface area contributed by atoms with Crippen LogP contribution in [0.25, 0.3) is 0 Å². The highest BCUT2D eigenvalue weighted by molar-refractivity contribution is 5.40. The van der Waals surface area contributed by atoms with E-state index in [1.165, 1.54) is 44.1 Å². The zero-order valence-electron chi connectivity index (χ0n) is 11.4. The van der Waals surface area contributed by atoms with Gasteiger partial charge in [-0.2, -0.15) is 0 Å². The Kier molecular flexibility index (Phi) is 2.47. The quantitative estimate of drug-likeness (QED) is 0.853. The topological polar surface area (TPSA) is 46.2 Å². The third-order valence-electron chi connectivity index (χ3n) is 5.95. The van der Waals surface area contributed by atoms with Crippen molar-refractivity contribution in [2.24, 2.45) is 23.5 Å². The van der Waals surface area contributed by atoms with Crippen molar-refractivity contribution in [1.29, 1.82) is 0 Å². The van der Waals surface area contributed by atoms with E-state index in [-0.39, 0.29) is 0 Å². The van der Waals surface area contributed by atoms with Gasteiger partial charge in [0.15, 0.2) is 0 Å². The lowest BCUT2D eigenvalue weighted by Crippen LogP contribution is -2.48. The average Bonchev–Trinajstić information content (AvgIpc) is 2.37. The highest BCUT2D eigenvalue weighted by atomic mass is 16.3. The van der Waals surface area contributed by atoms with E-state index < -0.39 is 0 Å². The summed E-state index contributed by atoms with van der Waals surface area (Å²) >= 11 is 0. The van der Waals surface area contributed by atoms with Gasteiger partial charge in [0.2, 0.25) is 0 Å². The number of phenols is 1. The Balaban J connectivity index is 1.75. The number of aromatic hydroxyl groups is 1. The van der Waals surface area contributed by atoms with Gasteiger partial charge in [-0.3, -0.25) is 0 Å². The molecule has 19 heavy (non-hydrogen) atoms. The van der Waals surface area contributed by atoms with Gasteiger partial charge in [0.05, 0.1) is 0 Å². The van der Waals surface area contributed by atoms with Gasteiger partial charge in [-0.05, 0) is 73.3 Å². The normalized spacial score (nSPS) is 39.7. The van der Waals surface area contributed by atoms with Gasteiger partial charge in [-0.15, -0.1) is 0 Å². The molecule has 3 N–H and O–H groups in total. The molecule has 2 heteroatoms. The fourth-order valence-corrected chi connectivity index (χ4v) is 5.54. The summed E-state index contributed by atoms with van der Waals surface area (Å²) in [6.07, 6.45) is 8.53. The largest absolute Gasteiger partial charge is 0.508 e. The molecular formula is C17H23NO. The molecular weight excluding hydrogens is 234 g/mol. The third-order valence-corrected chi connectivity index (χ3v) is 5.95. The molecule has 0 heterocycles. The standard InChI is InChI=1S/C17H23NO/c18-10-14-6-15(1-2-16(14)19)17-7-11-3-12(8-17)5-13(4-11)9-17/h1-2,6,11-13,19H,3-5,7-10,18H2. The van der Waals surface area contributed by atoms with Crippen LogP contribution in [0.4, 0.5) is 0 Å². The first kappa shape index (κ1) is 11.8. The first-order valence-corrected chi connectivity index (χ1v) is 7.71. The molecule has 1 aromatic carbocycles. The van der Waals surface area contributed by atoms with E-state index in [4.69, 9.17) is 5.73 Å². The summed E-state index contributed by atoms with van der Waals surface area (Å²) in [6, 6.07) is 6.19. The fourth-order valence-electron chi connectivity index (χ4n) is 5.54. The van der Waals surface area contributed by atoms with Crippen LogP contribution in [0.2, 0.25) is 0 Å². The van der Waals surface area contributed by atoms with E-state index in [0.29, 0.717) is 17.7 Å². The lowest BCUT2D eigenvalue weighted by Gasteiger charge is -2.57. The Morgan fingerprint density at radius 3 is 2.16 bits per heavy atom. The van der Waals surface area contributed by atoms with E-state index in [9.17, 15) is 5.11 Å². The van der Waals surface area contributed by atoms with Gasteiger partial charge >= 0.3 is 0 Å². The van der Waals surface area contributed by atoms with Gasteiger partial charge < -0.3 is 10.8 Å². The lowest BCUT2D eigenvalue weighted by molar-refractivity contribution is -0.00523. The number of hydrogen-bond acceptors (Lipinski definition) is 2. The molecule has 4 bridgehead atoms. The van der Waals surface area contributed by atoms with Crippen LogP contribution in [0.5, 0.6) is 5.75 Å². The van der Waals surface area contributed by atoms with E-state index in [2.05, 4.69) is 12.1 Å². The first-order valence-electron chi connectivity index (χ1n) is 7.71. The molecule has 4 aliphatic carbocycles. The van der Waals surface area contributed by atoms with Crippen LogP contribution >= 0.6 is 0 Å². The van der Waals surface area contributed by atoms with Crippen molar-refractivity contribution in [2.45, 2.75) is 50.5 Å². The van der Waals surface area contributed by atoms with Crippen LogP contribution in [0.3, 0.4) is 0 Å². The molecule has 0 amide bonds. The second-order valence-corrected chi connectivity index (χ2v) is 7.25. The van der Waals surface area contributed by atoms with E-state index in [1.807, 2.05) is 6.07 Å². The number of rotatable bonds is 2. The number of phenolic OH excluding ortho intramolecular Hbond substituents is 1. The second kappa shape index (κ2) is 3.99. The molecule has 0 unspecified atom stereocenters. The molecule has 2 nitrogen and oxygen atoms in total. The molecule has 0 saturated heterocycles. The van der Waals surface area contributed by atoms with Gasteiger partial charge in [-0.1, -0.05) is 12.1 Å². The van der Waals surface area contributed by atoms with Gasteiger partial charge in [0.25, 0.3) is 0 Å². The van der Waals surface area contributed by atoms with Crippen molar-refractivity contribution >= 4 is 0 Å². The maximum absolute atomic E-state index is 9.84. The minimum absolute atomic E-state index is 0.357. The average molecular weight is 257 g/mol. The van der Waals surface area contributed by atoms with E-state index in [0.717, 1.165) is 23.3 Å². The summed E-state index contributed by atoms with van der Waals surface area (Å²) < 4.78 is 0. The maximum Gasteiger partial charge on any atom is 0.120 e. The molecule has 4 saturated carbocycles. The Hall–Kier alpha value is -1.02. The smallest absolute Gasteiger partial charge is 0.120 e. The minimum atomic E-state index is 0.357. The van der Waals surface area contributed by atoms with Crippen molar-refractivity contribution in [1.82, 2.24) is 0 Å². The van der Waals surface area contributed by atoms with Gasteiger partial charge in [0, 0.05) is 12.1 Å². The third kappa shape index (κ3) is 1.73. The predicted molar refractivity (Wildman–Crippen MR) is 75.8 cm³/mol. The van der Waals surface area contributed by atoms with E-state index in [1.54, 1.807) is 0 Å². The molecule has 0 aromatic heterocycles. The van der Waals surface area contributed by atoms with Crippen LogP contribution < -0.4 is 5.73 Å². The highest BCUT2D eigenvalue weighted by Gasteiger charge is 2.51. The predicted octanol–water partition coefficient (Wildman–Crippen LogP) is 3.32. The first-order chi connectivity index (χ1) is 9.18. The molecule has 1 aromatic rings. The Morgan fingerprint density at radius 2 is 1.63 bits per heavy atom. The monoisotopic (exact) mass is 257 g/mol. The minimum Gasteiger partial charge on any atom is -0.508 e. The molecule has 0 spiro atoms. The molecule has 5 rings (SSSR count). The lowest BCUT2D eigenvalue weighted by atomic mass is 9.48. The maximum atomic E-state index is 9.84. The molecule has 0 aliphatic heterocycles. The summed E-state index contributed by atoms with van der Waals surface area (Å²) in [7, 11) is 0. The highest BCUT2D eigenvalue weighted by Crippen LogP contribution is 2.60.